The molecule has 1 aliphatic carbocycles. The van der Waals surface area contributed by atoms with E-state index in [1.807, 2.05) is 0 Å². The molecule has 1 aliphatic heterocycles. The SMILES string of the molecule is CN(C)C(=O)c1cccc(S(=O)(=O)N2CCOC(C(=O)O[C@@H](Cc3c(Cl)cncc3Cl)c3ccc(OC(F)F)c(OCC4CC4)c3)C2)c1. The zero-order valence-electron chi connectivity index (χ0n) is 26.0. The average molecular weight is 729 g/mol. The van der Waals surface area contributed by atoms with Gasteiger partial charge in [-0.05, 0) is 60.2 Å². The molecule has 2 aromatic carbocycles. The largest absolute Gasteiger partial charge is 0.489 e. The normalized spacial score (nSPS) is 17.5. The number of ether oxygens (including phenoxy) is 4. The lowest BCUT2D eigenvalue weighted by Crippen LogP contribution is -2.49. The van der Waals surface area contributed by atoms with Gasteiger partial charge < -0.3 is 23.8 Å². The maximum atomic E-state index is 13.6. The summed E-state index contributed by atoms with van der Waals surface area (Å²) in [7, 11) is -1.03. The lowest BCUT2D eigenvalue weighted by Gasteiger charge is -2.32. The molecule has 0 bridgehead atoms. The summed E-state index contributed by atoms with van der Waals surface area (Å²) >= 11 is 12.8. The number of carbonyl (C=O) groups excluding carboxylic acids is 2. The topological polar surface area (TPSA) is 125 Å². The number of rotatable bonds is 13. The summed E-state index contributed by atoms with van der Waals surface area (Å²) in [4.78, 5) is 31.3. The predicted molar refractivity (Wildman–Crippen MR) is 171 cm³/mol. The molecule has 2 heterocycles. The Morgan fingerprint density at radius 1 is 1.08 bits per heavy atom. The lowest BCUT2D eigenvalue weighted by molar-refractivity contribution is -0.166. The molecule has 0 spiro atoms. The summed E-state index contributed by atoms with van der Waals surface area (Å²) in [6.45, 7) is -3.33. The molecular formula is C32H33Cl2F2N3O8S. The van der Waals surface area contributed by atoms with Gasteiger partial charge in [0.25, 0.3) is 5.91 Å². The quantitative estimate of drug-likeness (QED) is 0.213. The summed E-state index contributed by atoms with van der Waals surface area (Å²) in [6.07, 6.45) is 2.19. The van der Waals surface area contributed by atoms with Gasteiger partial charge in [-0.15, -0.1) is 0 Å². The van der Waals surface area contributed by atoms with Crippen molar-refractivity contribution >= 4 is 45.1 Å². The second kappa shape index (κ2) is 15.3. The molecule has 16 heteroatoms. The van der Waals surface area contributed by atoms with Gasteiger partial charge in [0, 0.05) is 45.0 Å². The molecule has 1 saturated heterocycles. The van der Waals surface area contributed by atoms with Crippen LogP contribution in [0.1, 0.15) is 40.4 Å². The van der Waals surface area contributed by atoms with E-state index in [1.165, 1.54) is 59.8 Å². The van der Waals surface area contributed by atoms with E-state index in [0.29, 0.717) is 23.7 Å². The van der Waals surface area contributed by atoms with Gasteiger partial charge in [0.05, 0.1) is 34.7 Å². The van der Waals surface area contributed by atoms with Crippen molar-refractivity contribution in [1.82, 2.24) is 14.2 Å². The van der Waals surface area contributed by atoms with Crippen molar-refractivity contribution in [2.24, 2.45) is 5.92 Å². The van der Waals surface area contributed by atoms with Crippen LogP contribution in [-0.4, -0.2) is 87.6 Å². The lowest BCUT2D eigenvalue weighted by atomic mass is 10.0. The standard InChI is InChI=1S/C32H33Cl2F2N3O8S/c1-38(2)30(40)21-4-3-5-22(12-21)48(42,43)39-10-11-44-29(17-39)31(41)46-27(14-23-24(33)15-37-16-25(23)34)20-8-9-26(47-32(35)36)28(13-20)45-18-19-6-7-19/h3-5,8-9,12-13,15-16,19,27,29,32H,6-7,10-11,14,17-18H2,1-2H3/t27-,29?/m0/s1. The number of aromatic nitrogens is 1. The second-order valence-corrected chi connectivity index (χ2v) is 14.3. The van der Waals surface area contributed by atoms with Crippen molar-refractivity contribution in [1.29, 1.82) is 0 Å². The Kier molecular flexibility index (Phi) is 11.4. The fraction of sp³-hybridized carbons (Fsp3) is 0.406. The third-order valence-electron chi connectivity index (χ3n) is 7.74. The van der Waals surface area contributed by atoms with Gasteiger partial charge in [0.2, 0.25) is 10.0 Å². The third kappa shape index (κ3) is 8.72. The molecule has 2 atom stereocenters. The Hall–Kier alpha value is -3.56. The zero-order chi connectivity index (χ0) is 34.6. The summed E-state index contributed by atoms with van der Waals surface area (Å²) < 4.78 is 76.7. The summed E-state index contributed by atoms with van der Waals surface area (Å²) in [5.74, 6) is -1.10. The van der Waals surface area contributed by atoms with Gasteiger partial charge in [-0.1, -0.05) is 35.3 Å². The molecular weight excluding hydrogens is 695 g/mol. The first kappa shape index (κ1) is 35.7. The van der Waals surface area contributed by atoms with Crippen molar-refractivity contribution in [3.05, 3.63) is 81.6 Å². The van der Waals surface area contributed by atoms with E-state index < -0.39 is 34.8 Å². The maximum absolute atomic E-state index is 13.6. The van der Waals surface area contributed by atoms with Gasteiger partial charge in [-0.25, -0.2) is 13.2 Å². The van der Waals surface area contributed by atoms with Gasteiger partial charge in [-0.3, -0.25) is 9.78 Å². The van der Waals surface area contributed by atoms with Crippen LogP contribution in [0.25, 0.3) is 0 Å². The smallest absolute Gasteiger partial charge is 0.387 e. The van der Waals surface area contributed by atoms with Gasteiger partial charge in [-0.2, -0.15) is 13.1 Å². The highest BCUT2D eigenvalue weighted by Crippen LogP contribution is 2.38. The summed E-state index contributed by atoms with van der Waals surface area (Å²) in [5, 5.41) is 0.403. The van der Waals surface area contributed by atoms with Crippen LogP contribution in [0.15, 0.2) is 59.8 Å². The molecule has 1 saturated carbocycles. The number of pyridine rings is 1. The number of hydrogen-bond donors (Lipinski definition) is 0. The van der Waals surface area contributed by atoms with E-state index in [-0.39, 0.29) is 64.0 Å². The van der Waals surface area contributed by atoms with Crippen LogP contribution < -0.4 is 9.47 Å². The first-order valence-electron chi connectivity index (χ1n) is 15.0. The van der Waals surface area contributed by atoms with Gasteiger partial charge in [0.15, 0.2) is 17.6 Å². The highest BCUT2D eigenvalue weighted by atomic mass is 35.5. The number of alkyl halides is 2. The van der Waals surface area contributed by atoms with Crippen molar-refractivity contribution in [2.45, 2.75) is 43.0 Å². The minimum atomic E-state index is -4.14. The number of benzene rings is 2. The first-order valence-corrected chi connectivity index (χ1v) is 17.2. The maximum Gasteiger partial charge on any atom is 0.387 e. The fourth-order valence-corrected chi connectivity index (χ4v) is 6.96. The third-order valence-corrected chi connectivity index (χ3v) is 10.3. The Labute approximate surface area is 286 Å². The van der Waals surface area contributed by atoms with Gasteiger partial charge in [0.1, 0.15) is 6.10 Å². The monoisotopic (exact) mass is 727 g/mol. The molecule has 5 rings (SSSR count). The first-order chi connectivity index (χ1) is 22.8. The van der Waals surface area contributed by atoms with Crippen molar-refractivity contribution < 1.29 is 45.7 Å². The van der Waals surface area contributed by atoms with E-state index in [4.69, 9.17) is 37.4 Å². The molecule has 0 N–H and O–H groups in total. The number of hydrogen-bond acceptors (Lipinski definition) is 9. The van der Waals surface area contributed by atoms with Crippen molar-refractivity contribution in [3.8, 4) is 11.5 Å². The number of carbonyl (C=O) groups is 2. The molecule has 0 radical (unpaired) electrons. The minimum absolute atomic E-state index is 0.0360. The van der Waals surface area contributed by atoms with Crippen LogP contribution in [0.4, 0.5) is 8.78 Å². The molecule has 1 aromatic heterocycles. The predicted octanol–water partition coefficient (Wildman–Crippen LogP) is 5.40. The number of amides is 1. The zero-order valence-corrected chi connectivity index (χ0v) is 28.3. The van der Waals surface area contributed by atoms with E-state index >= 15 is 0 Å². The Balaban J connectivity index is 1.40. The Morgan fingerprint density at radius 3 is 2.48 bits per heavy atom. The van der Waals surface area contributed by atoms with Crippen LogP contribution in [0.2, 0.25) is 10.0 Å². The number of nitrogens with zero attached hydrogens (tertiary/aromatic N) is 3. The number of morpholine rings is 1. The Bertz CT molecular complexity index is 1740. The molecule has 3 aromatic rings. The van der Waals surface area contributed by atoms with Crippen molar-refractivity contribution in [3.63, 3.8) is 0 Å². The molecule has 2 fully saturated rings. The fourth-order valence-electron chi connectivity index (χ4n) is 4.97. The number of halogens is 4. The van der Waals surface area contributed by atoms with Crippen LogP contribution in [-0.2, 0) is 30.7 Å². The van der Waals surface area contributed by atoms with E-state index in [9.17, 15) is 26.8 Å². The second-order valence-electron chi connectivity index (χ2n) is 11.5. The van der Waals surface area contributed by atoms with Crippen LogP contribution >= 0.6 is 23.2 Å². The summed E-state index contributed by atoms with van der Waals surface area (Å²) in [6, 6.07) is 9.81. The van der Waals surface area contributed by atoms with Crippen LogP contribution in [0.5, 0.6) is 11.5 Å². The van der Waals surface area contributed by atoms with Gasteiger partial charge >= 0.3 is 12.6 Å². The van der Waals surface area contributed by atoms with E-state index in [1.54, 1.807) is 14.1 Å². The highest BCUT2D eigenvalue weighted by Gasteiger charge is 2.37. The highest BCUT2D eigenvalue weighted by molar-refractivity contribution is 7.89. The number of esters is 1. The van der Waals surface area contributed by atoms with E-state index in [2.05, 4.69) is 9.72 Å². The number of sulfonamides is 1. The summed E-state index contributed by atoms with van der Waals surface area (Å²) in [5.41, 5.74) is 0.940. The molecule has 48 heavy (non-hydrogen) atoms. The van der Waals surface area contributed by atoms with Crippen molar-refractivity contribution in [2.75, 3.05) is 40.4 Å². The molecule has 1 unspecified atom stereocenters. The molecule has 11 nitrogen and oxygen atoms in total. The Morgan fingerprint density at radius 2 is 1.81 bits per heavy atom. The molecule has 2 aliphatic rings. The van der Waals surface area contributed by atoms with E-state index in [0.717, 1.165) is 17.1 Å². The molecule has 1 amide bonds. The van der Waals surface area contributed by atoms with Crippen LogP contribution in [0.3, 0.4) is 0 Å². The van der Waals surface area contributed by atoms with Crippen LogP contribution in [0, 0.1) is 5.92 Å². The molecule has 258 valence electrons. The average Bonchev–Trinajstić information content (AvgIpc) is 3.89. The minimum Gasteiger partial charge on any atom is -0.489 e.